The average Bonchev–Trinajstić information content (AvgIpc) is 3.03. The molecule has 0 aromatic carbocycles. The summed E-state index contributed by atoms with van der Waals surface area (Å²) in [5.74, 6) is -6.62. The van der Waals surface area contributed by atoms with Gasteiger partial charge in [-0.1, -0.05) is 27.7 Å². The minimum atomic E-state index is -1.66. The van der Waals surface area contributed by atoms with Crippen molar-refractivity contribution >= 4 is 41.4 Å². The monoisotopic (exact) mass is 732 g/mol. The van der Waals surface area contributed by atoms with Crippen LogP contribution in [0.1, 0.15) is 66.7 Å². The molecule has 0 aromatic rings. The number of rotatable bonds is 25. The Balaban J connectivity index is 6.03. The van der Waals surface area contributed by atoms with E-state index in [9.17, 15) is 48.9 Å². The first-order valence-electron chi connectivity index (χ1n) is 17.0. The highest BCUT2D eigenvalue weighted by Crippen LogP contribution is 2.10. The van der Waals surface area contributed by atoms with Crippen molar-refractivity contribution in [3.63, 3.8) is 0 Å². The summed E-state index contributed by atoms with van der Waals surface area (Å²) in [6.45, 7) is 7.52. The van der Waals surface area contributed by atoms with Gasteiger partial charge in [0.25, 0.3) is 0 Å². The number of aliphatic hydroxyl groups excluding tert-OH is 2. The summed E-state index contributed by atoms with van der Waals surface area (Å²) >= 11 is 0. The molecule has 0 unspecified atom stereocenters. The van der Waals surface area contributed by atoms with Crippen LogP contribution in [0.3, 0.4) is 0 Å². The summed E-state index contributed by atoms with van der Waals surface area (Å²) in [7, 11) is 0. The molecule has 0 rings (SSSR count). The third kappa shape index (κ3) is 17.7. The van der Waals surface area contributed by atoms with Crippen LogP contribution in [0.25, 0.3) is 0 Å². The summed E-state index contributed by atoms with van der Waals surface area (Å²) in [5.41, 5.74) is 22.5. The van der Waals surface area contributed by atoms with Gasteiger partial charge in [0.1, 0.15) is 30.2 Å². The lowest BCUT2D eigenvalue weighted by atomic mass is 9.99. The fraction of sp³-hybridized carbons (Fsp3) is 0.774. The highest BCUT2D eigenvalue weighted by molar-refractivity contribution is 5.97. The molecule has 51 heavy (non-hydrogen) atoms. The first-order valence-corrected chi connectivity index (χ1v) is 17.0. The lowest BCUT2D eigenvalue weighted by Crippen LogP contribution is -2.61. The molecular weight excluding hydrogens is 672 g/mol. The average molecular weight is 733 g/mol. The minimum absolute atomic E-state index is 0.0708. The smallest absolute Gasteiger partial charge is 0.328 e. The number of aliphatic hydroxyl groups is 2. The van der Waals surface area contributed by atoms with Crippen molar-refractivity contribution in [2.75, 3.05) is 26.2 Å². The lowest BCUT2D eigenvalue weighted by molar-refractivity contribution is -0.145. The van der Waals surface area contributed by atoms with Gasteiger partial charge in [-0.3, -0.25) is 28.8 Å². The third-order valence-electron chi connectivity index (χ3n) is 7.53. The van der Waals surface area contributed by atoms with Crippen LogP contribution in [0.2, 0.25) is 0 Å². The SMILES string of the molecule is CC(C)C[C@H](NC(=O)[C@@H](CC(C)C)NC(=O)[C@H](CO)NC(=O)[C@@H](N)CCN)C(=O)N[C@@H](CCN)C(=O)N[C@@H](CCN)C(=O)N[C@H](C(=O)O)[C@@H](C)O. The van der Waals surface area contributed by atoms with Gasteiger partial charge in [0.05, 0.1) is 18.8 Å². The van der Waals surface area contributed by atoms with Crippen LogP contribution in [0.4, 0.5) is 0 Å². The van der Waals surface area contributed by atoms with Gasteiger partial charge in [-0.2, -0.15) is 0 Å². The van der Waals surface area contributed by atoms with E-state index in [1.165, 1.54) is 6.92 Å². The molecule has 0 spiro atoms. The number of carbonyl (C=O) groups excluding carboxylic acids is 6. The number of hydrogen-bond acceptors (Lipinski definition) is 13. The fourth-order valence-corrected chi connectivity index (χ4v) is 4.79. The van der Waals surface area contributed by atoms with Crippen molar-refractivity contribution in [2.45, 2.75) is 115 Å². The van der Waals surface area contributed by atoms with Crippen LogP contribution >= 0.6 is 0 Å². The summed E-state index contributed by atoms with van der Waals surface area (Å²) in [5, 5.41) is 43.4. The van der Waals surface area contributed by atoms with Crippen LogP contribution < -0.4 is 54.8 Å². The Hall–Kier alpha value is -3.95. The Labute approximate surface area is 298 Å². The number of carboxylic acid groups (broad SMARTS) is 1. The number of carboxylic acids is 1. The zero-order valence-corrected chi connectivity index (χ0v) is 30.1. The van der Waals surface area contributed by atoms with Gasteiger partial charge in [-0.05, 0) is 70.5 Å². The fourth-order valence-electron chi connectivity index (χ4n) is 4.79. The van der Waals surface area contributed by atoms with Crippen LogP contribution in [0.5, 0.6) is 0 Å². The van der Waals surface area contributed by atoms with Crippen LogP contribution in [-0.4, -0.2) is 131 Å². The highest BCUT2D eigenvalue weighted by Gasteiger charge is 2.34. The number of aliphatic carboxylic acids is 1. The first kappa shape index (κ1) is 47.0. The summed E-state index contributed by atoms with van der Waals surface area (Å²) in [4.78, 5) is 90.1. The number of amides is 6. The van der Waals surface area contributed by atoms with E-state index in [-0.39, 0.29) is 63.6 Å². The molecule has 20 heteroatoms. The van der Waals surface area contributed by atoms with Gasteiger partial charge in [0.2, 0.25) is 35.4 Å². The summed E-state index contributed by atoms with van der Waals surface area (Å²) < 4.78 is 0. The molecule has 0 saturated heterocycles. The third-order valence-corrected chi connectivity index (χ3v) is 7.53. The maximum absolute atomic E-state index is 13.6. The van der Waals surface area contributed by atoms with Crippen LogP contribution in [-0.2, 0) is 33.6 Å². The van der Waals surface area contributed by atoms with E-state index >= 15 is 0 Å². The first-order chi connectivity index (χ1) is 23.8. The molecule has 0 saturated carbocycles. The summed E-state index contributed by atoms with van der Waals surface area (Å²) in [6, 6.07) is -9.12. The van der Waals surface area contributed by atoms with E-state index in [1.54, 1.807) is 27.7 Å². The molecular formula is C31H60N10O10. The number of carbonyl (C=O) groups is 7. The van der Waals surface area contributed by atoms with Crippen molar-refractivity contribution in [1.29, 1.82) is 0 Å². The molecule has 0 aliphatic rings. The van der Waals surface area contributed by atoms with E-state index in [2.05, 4.69) is 31.9 Å². The molecule has 0 aromatic heterocycles. The Bertz CT molecular complexity index is 1160. The van der Waals surface area contributed by atoms with Gasteiger partial charge in [0.15, 0.2) is 6.04 Å². The van der Waals surface area contributed by atoms with E-state index in [1.807, 2.05) is 0 Å². The number of nitrogens with one attached hydrogen (secondary N) is 6. The van der Waals surface area contributed by atoms with E-state index in [0.29, 0.717) is 0 Å². The maximum Gasteiger partial charge on any atom is 0.328 e. The number of hydrogen-bond donors (Lipinski definition) is 13. The Kier molecular flexibility index (Phi) is 22.4. The predicted octanol–water partition coefficient (Wildman–Crippen LogP) is -5.18. The molecule has 17 N–H and O–H groups in total. The molecule has 6 amide bonds. The van der Waals surface area contributed by atoms with Crippen molar-refractivity contribution in [1.82, 2.24) is 31.9 Å². The molecule has 0 radical (unpaired) electrons. The Morgan fingerprint density at radius 2 is 0.863 bits per heavy atom. The van der Waals surface area contributed by atoms with Gasteiger partial charge >= 0.3 is 5.97 Å². The second kappa shape index (κ2) is 24.3. The second-order valence-corrected chi connectivity index (χ2v) is 13.2. The second-order valence-electron chi connectivity index (χ2n) is 13.2. The van der Waals surface area contributed by atoms with Crippen molar-refractivity contribution in [3.05, 3.63) is 0 Å². The highest BCUT2D eigenvalue weighted by atomic mass is 16.4. The topological polar surface area (TPSA) is 356 Å². The zero-order valence-electron chi connectivity index (χ0n) is 30.1. The van der Waals surface area contributed by atoms with Gasteiger partial charge in [-0.15, -0.1) is 0 Å². The quantitative estimate of drug-likeness (QED) is 0.0417. The van der Waals surface area contributed by atoms with Crippen molar-refractivity contribution in [3.8, 4) is 0 Å². The van der Waals surface area contributed by atoms with Crippen molar-refractivity contribution in [2.24, 2.45) is 34.8 Å². The molecule has 0 bridgehead atoms. The molecule has 0 fully saturated rings. The van der Waals surface area contributed by atoms with Gasteiger partial charge in [-0.25, -0.2) is 4.79 Å². The van der Waals surface area contributed by atoms with Gasteiger partial charge in [0, 0.05) is 0 Å². The number of nitrogens with two attached hydrogens (primary N) is 4. The minimum Gasteiger partial charge on any atom is -0.480 e. The van der Waals surface area contributed by atoms with Crippen LogP contribution in [0, 0.1) is 11.8 Å². The maximum atomic E-state index is 13.6. The van der Waals surface area contributed by atoms with Crippen LogP contribution in [0.15, 0.2) is 0 Å². The molecule has 0 heterocycles. The Morgan fingerprint density at radius 3 is 1.20 bits per heavy atom. The Morgan fingerprint density at radius 1 is 0.529 bits per heavy atom. The largest absolute Gasteiger partial charge is 0.480 e. The van der Waals surface area contributed by atoms with Crippen molar-refractivity contribution < 1.29 is 48.9 Å². The van der Waals surface area contributed by atoms with E-state index < -0.39 is 96.4 Å². The predicted molar refractivity (Wildman–Crippen MR) is 186 cm³/mol. The van der Waals surface area contributed by atoms with E-state index in [0.717, 1.165) is 0 Å². The van der Waals surface area contributed by atoms with Gasteiger partial charge < -0.3 is 70.2 Å². The molecule has 20 nitrogen and oxygen atoms in total. The summed E-state index contributed by atoms with van der Waals surface area (Å²) in [6.07, 6.45) is -1.28. The zero-order chi connectivity index (χ0) is 39.4. The van der Waals surface area contributed by atoms with E-state index in [4.69, 9.17) is 22.9 Å². The normalized spacial score (nSPS) is 16.0. The molecule has 0 aliphatic carbocycles. The molecule has 0 aliphatic heterocycles. The molecule has 294 valence electrons. The lowest BCUT2D eigenvalue weighted by Gasteiger charge is -2.28. The molecule has 8 atom stereocenters. The standard InChI is InChI=1S/C31H60N10O10/c1-15(2)12-21(38-29(48)22(13-16(3)4)39-30(49)23(14-42)40-25(44)18(35)6-9-32)28(47)37-19(7-10-33)26(45)36-20(8-11-34)27(46)41-24(17(5)43)31(50)51/h15-24,42-43H,6-14,32-35H2,1-5H3,(H,36,45)(H,37,47)(H,38,48)(H,39,49)(H,40,44)(H,41,46)(H,50,51)/t17-,18+,19+,20+,21+,22-,23+,24+/m1/s1.